The van der Waals surface area contributed by atoms with E-state index in [1.54, 1.807) is 18.3 Å². The number of anilines is 1. The van der Waals surface area contributed by atoms with Crippen molar-refractivity contribution in [3.05, 3.63) is 40.1 Å². The SMILES string of the molecule is Cc1ccnc(Sc2cc(Cl)c(Cl)cc2N)n1. The van der Waals surface area contributed by atoms with Crippen molar-refractivity contribution in [2.45, 2.75) is 17.0 Å². The van der Waals surface area contributed by atoms with Gasteiger partial charge in [-0.1, -0.05) is 23.2 Å². The van der Waals surface area contributed by atoms with Crippen LogP contribution in [-0.4, -0.2) is 9.97 Å². The number of nitrogen functional groups attached to an aromatic ring is 1. The Morgan fingerprint density at radius 1 is 1.24 bits per heavy atom. The van der Waals surface area contributed by atoms with E-state index in [2.05, 4.69) is 9.97 Å². The van der Waals surface area contributed by atoms with Crippen LogP contribution in [0, 0.1) is 6.92 Å². The second-order valence-electron chi connectivity index (χ2n) is 3.39. The Morgan fingerprint density at radius 2 is 1.94 bits per heavy atom. The van der Waals surface area contributed by atoms with Gasteiger partial charge >= 0.3 is 0 Å². The van der Waals surface area contributed by atoms with Gasteiger partial charge in [0.2, 0.25) is 0 Å². The highest BCUT2D eigenvalue weighted by molar-refractivity contribution is 7.99. The standard InChI is InChI=1S/C11H9Cl2N3S/c1-6-2-3-15-11(16-6)17-10-5-8(13)7(12)4-9(10)14/h2-5H,14H2,1H3. The van der Waals surface area contributed by atoms with Gasteiger partial charge in [0.25, 0.3) is 0 Å². The van der Waals surface area contributed by atoms with Crippen LogP contribution in [0.25, 0.3) is 0 Å². The minimum Gasteiger partial charge on any atom is -0.398 e. The number of aromatic nitrogens is 2. The minimum absolute atomic E-state index is 0.443. The average molecular weight is 286 g/mol. The third-order valence-electron chi connectivity index (χ3n) is 2.03. The van der Waals surface area contributed by atoms with Crippen molar-refractivity contribution in [2.75, 3.05) is 5.73 Å². The fourth-order valence-corrected chi connectivity index (χ4v) is 2.46. The third-order valence-corrected chi connectivity index (χ3v) is 3.70. The molecule has 0 aliphatic carbocycles. The van der Waals surface area contributed by atoms with Gasteiger partial charge in [-0.2, -0.15) is 0 Å². The summed E-state index contributed by atoms with van der Waals surface area (Å²) < 4.78 is 0. The number of hydrogen-bond donors (Lipinski definition) is 1. The molecule has 2 N–H and O–H groups in total. The highest BCUT2D eigenvalue weighted by Crippen LogP contribution is 2.35. The van der Waals surface area contributed by atoms with Gasteiger partial charge in [0.05, 0.1) is 10.0 Å². The first kappa shape index (κ1) is 12.5. The molecule has 0 radical (unpaired) electrons. The molecule has 0 amide bonds. The molecule has 1 aromatic heterocycles. The first-order valence-electron chi connectivity index (χ1n) is 4.78. The van der Waals surface area contributed by atoms with Crippen molar-refractivity contribution in [1.29, 1.82) is 0 Å². The molecule has 2 rings (SSSR count). The zero-order chi connectivity index (χ0) is 12.4. The number of hydrogen-bond acceptors (Lipinski definition) is 4. The monoisotopic (exact) mass is 285 g/mol. The normalized spacial score (nSPS) is 10.5. The molecule has 0 spiro atoms. The lowest BCUT2D eigenvalue weighted by Crippen LogP contribution is -1.92. The molecule has 0 bridgehead atoms. The van der Waals surface area contributed by atoms with Gasteiger partial charge in [-0.15, -0.1) is 0 Å². The summed E-state index contributed by atoms with van der Waals surface area (Å²) in [6, 6.07) is 5.18. The van der Waals surface area contributed by atoms with Crippen LogP contribution in [-0.2, 0) is 0 Å². The fraction of sp³-hybridized carbons (Fsp3) is 0.0909. The summed E-state index contributed by atoms with van der Waals surface area (Å²) in [5, 5.41) is 1.55. The number of rotatable bonds is 2. The lowest BCUT2D eigenvalue weighted by molar-refractivity contribution is 0.932. The van der Waals surface area contributed by atoms with E-state index in [4.69, 9.17) is 28.9 Å². The van der Waals surface area contributed by atoms with E-state index >= 15 is 0 Å². The van der Waals surface area contributed by atoms with E-state index in [1.807, 2.05) is 13.0 Å². The third kappa shape index (κ3) is 3.03. The smallest absolute Gasteiger partial charge is 0.192 e. The molecule has 1 heterocycles. The van der Waals surface area contributed by atoms with Gasteiger partial charge in [0.15, 0.2) is 5.16 Å². The predicted octanol–water partition coefficient (Wildman–Crippen LogP) is 3.83. The second kappa shape index (κ2) is 5.12. The molecule has 0 saturated heterocycles. The van der Waals surface area contributed by atoms with E-state index in [9.17, 15) is 0 Å². The maximum atomic E-state index is 5.94. The molecule has 88 valence electrons. The molecular weight excluding hydrogens is 277 g/mol. The lowest BCUT2D eigenvalue weighted by atomic mass is 10.3. The zero-order valence-electron chi connectivity index (χ0n) is 8.95. The molecule has 17 heavy (non-hydrogen) atoms. The van der Waals surface area contributed by atoms with Crippen LogP contribution < -0.4 is 5.73 Å². The van der Waals surface area contributed by atoms with Gasteiger partial charge in [-0.05, 0) is 36.9 Å². The number of aryl methyl sites for hydroxylation is 1. The van der Waals surface area contributed by atoms with Crippen LogP contribution in [0.1, 0.15) is 5.69 Å². The molecular formula is C11H9Cl2N3S. The first-order chi connectivity index (χ1) is 8.06. The fourth-order valence-electron chi connectivity index (χ4n) is 1.21. The molecule has 0 saturated carbocycles. The number of nitrogens with zero attached hydrogens (tertiary/aromatic N) is 2. The van der Waals surface area contributed by atoms with Gasteiger partial charge in [-0.25, -0.2) is 9.97 Å². The summed E-state index contributed by atoms with van der Waals surface area (Å²) in [5.41, 5.74) is 7.32. The van der Waals surface area contributed by atoms with Gasteiger partial charge in [0.1, 0.15) is 0 Å². The molecule has 0 unspecified atom stereocenters. The van der Waals surface area contributed by atoms with Crippen molar-refractivity contribution in [3.8, 4) is 0 Å². The molecule has 1 aromatic carbocycles. The topological polar surface area (TPSA) is 51.8 Å². The van der Waals surface area contributed by atoms with Crippen LogP contribution in [0.5, 0.6) is 0 Å². The Morgan fingerprint density at radius 3 is 2.65 bits per heavy atom. The predicted molar refractivity (Wildman–Crippen MR) is 71.8 cm³/mol. The Labute approximate surface area is 113 Å². The summed E-state index contributed by atoms with van der Waals surface area (Å²) >= 11 is 13.2. The molecule has 3 nitrogen and oxygen atoms in total. The lowest BCUT2D eigenvalue weighted by Gasteiger charge is -2.06. The summed E-state index contributed by atoms with van der Waals surface area (Å²) in [6.07, 6.45) is 1.71. The summed E-state index contributed by atoms with van der Waals surface area (Å²) in [6.45, 7) is 1.91. The zero-order valence-corrected chi connectivity index (χ0v) is 11.3. The molecule has 6 heteroatoms. The van der Waals surface area contributed by atoms with Crippen molar-refractivity contribution in [2.24, 2.45) is 0 Å². The summed E-state index contributed by atoms with van der Waals surface area (Å²) in [7, 11) is 0. The Balaban J connectivity index is 2.33. The minimum atomic E-state index is 0.443. The Kier molecular flexibility index (Phi) is 3.76. The van der Waals surface area contributed by atoms with Crippen LogP contribution in [0.4, 0.5) is 5.69 Å². The van der Waals surface area contributed by atoms with Crippen molar-refractivity contribution in [3.63, 3.8) is 0 Å². The number of benzene rings is 1. The average Bonchev–Trinajstić information content (AvgIpc) is 2.26. The molecule has 0 aliphatic rings. The van der Waals surface area contributed by atoms with E-state index in [1.165, 1.54) is 11.8 Å². The highest BCUT2D eigenvalue weighted by Gasteiger charge is 2.08. The van der Waals surface area contributed by atoms with E-state index < -0.39 is 0 Å². The molecule has 0 fully saturated rings. The van der Waals surface area contributed by atoms with Crippen LogP contribution in [0.15, 0.2) is 34.4 Å². The van der Waals surface area contributed by atoms with E-state index in [0.29, 0.717) is 20.9 Å². The summed E-state index contributed by atoms with van der Waals surface area (Å²) in [5.74, 6) is 0. The van der Waals surface area contributed by atoms with Crippen LogP contribution in [0.3, 0.4) is 0 Å². The van der Waals surface area contributed by atoms with Gasteiger partial charge < -0.3 is 5.73 Å². The molecule has 2 aromatic rings. The Hall–Kier alpha value is -0.970. The first-order valence-corrected chi connectivity index (χ1v) is 6.35. The maximum absolute atomic E-state index is 5.94. The number of nitrogens with two attached hydrogens (primary N) is 1. The molecule has 0 aliphatic heterocycles. The number of halogens is 2. The molecule has 0 atom stereocenters. The van der Waals surface area contributed by atoms with Gasteiger partial charge in [0, 0.05) is 22.5 Å². The van der Waals surface area contributed by atoms with Crippen LogP contribution in [0.2, 0.25) is 10.0 Å². The van der Waals surface area contributed by atoms with Crippen molar-refractivity contribution in [1.82, 2.24) is 9.97 Å². The largest absolute Gasteiger partial charge is 0.398 e. The Bertz CT molecular complexity index is 560. The van der Waals surface area contributed by atoms with Crippen molar-refractivity contribution >= 4 is 40.7 Å². The van der Waals surface area contributed by atoms with Crippen molar-refractivity contribution < 1.29 is 0 Å². The van der Waals surface area contributed by atoms with Crippen LogP contribution >= 0.6 is 35.0 Å². The second-order valence-corrected chi connectivity index (χ2v) is 5.21. The maximum Gasteiger partial charge on any atom is 0.192 e. The quantitative estimate of drug-likeness (QED) is 0.673. The van der Waals surface area contributed by atoms with Gasteiger partial charge in [-0.3, -0.25) is 0 Å². The van der Waals surface area contributed by atoms with E-state index in [0.717, 1.165) is 10.6 Å². The summed E-state index contributed by atoms with van der Waals surface area (Å²) in [4.78, 5) is 9.23. The van der Waals surface area contributed by atoms with E-state index in [-0.39, 0.29) is 0 Å². The highest BCUT2D eigenvalue weighted by atomic mass is 35.5.